The number of aryl methyl sites for hydroxylation is 1. The van der Waals surface area contributed by atoms with Crippen LogP contribution in [0.3, 0.4) is 0 Å². The molecule has 0 aliphatic heterocycles. The van der Waals surface area contributed by atoms with Gasteiger partial charge in [0.05, 0.1) is 36.2 Å². The van der Waals surface area contributed by atoms with Gasteiger partial charge in [-0.1, -0.05) is 48.6 Å². The molecule has 1 heterocycles. The average molecular weight is 520 g/mol. The summed E-state index contributed by atoms with van der Waals surface area (Å²) in [4.78, 5) is 5.03. The topological polar surface area (TPSA) is 73.7 Å². The predicted octanol–water partition coefficient (Wildman–Crippen LogP) is 5.76. The molecule has 0 aliphatic carbocycles. The van der Waals surface area contributed by atoms with Crippen molar-refractivity contribution >= 4 is 27.1 Å². The van der Waals surface area contributed by atoms with Crippen LogP contribution in [0.5, 0.6) is 11.5 Å². The third-order valence-electron chi connectivity index (χ3n) is 6.13. The Morgan fingerprint density at radius 2 is 1.73 bits per heavy atom. The normalized spacial score (nSPS) is 12.0. The average Bonchev–Trinajstić information content (AvgIpc) is 3.26. The number of sulfonamides is 1. The largest absolute Gasteiger partial charge is 0.493 e. The number of allylic oxidation sites excluding steroid dienone is 1. The molecule has 1 aromatic heterocycles. The van der Waals surface area contributed by atoms with E-state index in [2.05, 4.69) is 4.57 Å². The zero-order chi connectivity index (χ0) is 26.3. The standard InChI is InChI=1S/C29H33N3O4S/c1-4-12-23-17-18-27(28(21-23)35-3)36-20-11-10-19-32-26-16-9-8-15-25(26)30-29(32)22-31(2)37(33,34)24-13-6-5-7-14-24/h4-9,12-18,21H,10-11,19-20,22H2,1-3H3/b12-4+. The Kier molecular flexibility index (Phi) is 8.63. The summed E-state index contributed by atoms with van der Waals surface area (Å²) in [7, 11) is -0.387. The highest BCUT2D eigenvalue weighted by molar-refractivity contribution is 7.89. The maximum Gasteiger partial charge on any atom is 0.243 e. The molecule has 0 radical (unpaired) electrons. The van der Waals surface area contributed by atoms with Crippen molar-refractivity contribution in [1.29, 1.82) is 0 Å². The molecule has 0 bridgehead atoms. The number of fused-ring (bicyclic) bond motifs is 1. The van der Waals surface area contributed by atoms with E-state index in [4.69, 9.17) is 14.5 Å². The summed E-state index contributed by atoms with van der Waals surface area (Å²) in [5, 5.41) is 0. The Labute approximate surface area is 219 Å². The van der Waals surface area contributed by atoms with E-state index in [1.54, 1.807) is 44.5 Å². The van der Waals surface area contributed by atoms with Crippen LogP contribution in [0.4, 0.5) is 0 Å². The van der Waals surface area contributed by atoms with Gasteiger partial charge < -0.3 is 14.0 Å². The van der Waals surface area contributed by atoms with Crippen LogP contribution in [0.2, 0.25) is 0 Å². The molecule has 0 N–H and O–H groups in total. The molecule has 4 rings (SSSR count). The minimum absolute atomic E-state index is 0.179. The first-order chi connectivity index (χ1) is 17.9. The van der Waals surface area contributed by atoms with Crippen LogP contribution in [0.15, 0.2) is 83.8 Å². The minimum atomic E-state index is -3.62. The Bertz CT molecular complexity index is 1460. The van der Waals surface area contributed by atoms with Crippen LogP contribution in [-0.2, 0) is 23.1 Å². The number of rotatable bonds is 12. The molecule has 3 aromatic carbocycles. The van der Waals surface area contributed by atoms with Gasteiger partial charge in [0, 0.05) is 13.6 Å². The van der Waals surface area contributed by atoms with Crippen LogP contribution >= 0.6 is 0 Å². The molecule has 0 saturated heterocycles. The predicted molar refractivity (Wildman–Crippen MR) is 147 cm³/mol. The third kappa shape index (κ3) is 6.21. The first-order valence-corrected chi connectivity index (χ1v) is 13.8. The van der Waals surface area contributed by atoms with E-state index in [9.17, 15) is 8.42 Å². The highest BCUT2D eigenvalue weighted by Gasteiger charge is 2.23. The van der Waals surface area contributed by atoms with E-state index in [0.717, 1.165) is 35.2 Å². The van der Waals surface area contributed by atoms with E-state index >= 15 is 0 Å². The van der Waals surface area contributed by atoms with E-state index in [1.165, 1.54) is 4.31 Å². The number of hydrogen-bond acceptors (Lipinski definition) is 5. The molecule has 0 atom stereocenters. The molecule has 0 amide bonds. The van der Waals surface area contributed by atoms with Crippen LogP contribution in [0.1, 0.15) is 31.2 Å². The lowest BCUT2D eigenvalue weighted by molar-refractivity contribution is 0.283. The van der Waals surface area contributed by atoms with Crippen molar-refractivity contribution in [2.24, 2.45) is 0 Å². The van der Waals surface area contributed by atoms with Gasteiger partial charge in [-0.25, -0.2) is 13.4 Å². The molecule has 4 aromatic rings. The third-order valence-corrected chi connectivity index (χ3v) is 7.95. The highest BCUT2D eigenvalue weighted by Crippen LogP contribution is 2.29. The minimum Gasteiger partial charge on any atom is -0.493 e. The maximum atomic E-state index is 13.1. The number of ether oxygens (including phenoxy) is 2. The molecular weight excluding hydrogens is 486 g/mol. The SMILES string of the molecule is C/C=C/c1ccc(OCCCCn2c(CN(C)S(=O)(=O)c3ccccc3)nc3ccccc32)c(OC)c1. The fraction of sp³-hybridized carbons (Fsp3) is 0.276. The van der Waals surface area contributed by atoms with Gasteiger partial charge in [0.15, 0.2) is 11.5 Å². The van der Waals surface area contributed by atoms with Crippen molar-refractivity contribution in [3.05, 3.63) is 90.3 Å². The van der Waals surface area contributed by atoms with Gasteiger partial charge in [-0.3, -0.25) is 0 Å². The number of para-hydroxylation sites is 2. The van der Waals surface area contributed by atoms with E-state index in [0.29, 0.717) is 24.7 Å². The number of hydrogen-bond donors (Lipinski definition) is 0. The number of benzene rings is 3. The van der Waals surface area contributed by atoms with Gasteiger partial charge in [0.2, 0.25) is 10.0 Å². The van der Waals surface area contributed by atoms with Crippen LogP contribution in [0.25, 0.3) is 17.1 Å². The lowest BCUT2D eigenvalue weighted by Crippen LogP contribution is -2.28. The van der Waals surface area contributed by atoms with Crippen molar-refractivity contribution in [2.45, 2.75) is 37.8 Å². The number of aromatic nitrogens is 2. The van der Waals surface area contributed by atoms with Crippen molar-refractivity contribution < 1.29 is 17.9 Å². The fourth-order valence-corrected chi connectivity index (χ4v) is 5.35. The second kappa shape index (κ2) is 12.1. The second-order valence-corrected chi connectivity index (χ2v) is 10.8. The molecule has 8 heteroatoms. The van der Waals surface area contributed by atoms with Crippen molar-refractivity contribution in [2.75, 3.05) is 20.8 Å². The molecular formula is C29H33N3O4S. The summed E-state index contributed by atoms with van der Waals surface area (Å²) < 4.78 is 41.1. The summed E-state index contributed by atoms with van der Waals surface area (Å²) in [6.45, 7) is 3.41. The number of unbranched alkanes of at least 4 members (excludes halogenated alkanes) is 1. The summed E-state index contributed by atoms with van der Waals surface area (Å²) in [6.07, 6.45) is 5.67. The lowest BCUT2D eigenvalue weighted by atomic mass is 10.2. The van der Waals surface area contributed by atoms with Crippen molar-refractivity contribution in [3.8, 4) is 11.5 Å². The zero-order valence-electron chi connectivity index (χ0n) is 21.5. The first kappa shape index (κ1) is 26.4. The molecule has 194 valence electrons. The van der Waals surface area contributed by atoms with Gasteiger partial charge in [-0.05, 0) is 61.7 Å². The molecule has 0 spiro atoms. The summed E-state index contributed by atoms with van der Waals surface area (Å²) in [6, 6.07) is 22.2. The second-order valence-electron chi connectivity index (χ2n) is 8.71. The van der Waals surface area contributed by atoms with Gasteiger partial charge in [0.25, 0.3) is 0 Å². The molecule has 0 saturated carbocycles. The molecule has 37 heavy (non-hydrogen) atoms. The van der Waals surface area contributed by atoms with E-state index in [-0.39, 0.29) is 11.4 Å². The first-order valence-electron chi connectivity index (χ1n) is 12.3. The Morgan fingerprint density at radius 3 is 2.49 bits per heavy atom. The van der Waals surface area contributed by atoms with Gasteiger partial charge in [-0.2, -0.15) is 4.31 Å². The fourth-order valence-electron chi connectivity index (χ4n) is 4.21. The smallest absolute Gasteiger partial charge is 0.243 e. The summed E-state index contributed by atoms with van der Waals surface area (Å²) >= 11 is 0. The number of nitrogens with zero attached hydrogens (tertiary/aromatic N) is 3. The molecule has 0 aliphatic rings. The number of imidazole rings is 1. The maximum absolute atomic E-state index is 13.1. The quantitative estimate of drug-likeness (QED) is 0.223. The van der Waals surface area contributed by atoms with Crippen LogP contribution in [0, 0.1) is 0 Å². The summed E-state index contributed by atoms with van der Waals surface area (Å²) in [5.74, 6) is 2.14. The van der Waals surface area contributed by atoms with Crippen molar-refractivity contribution in [3.63, 3.8) is 0 Å². The van der Waals surface area contributed by atoms with E-state index in [1.807, 2.05) is 61.5 Å². The molecule has 0 fully saturated rings. The van der Waals surface area contributed by atoms with Crippen LogP contribution in [-0.4, -0.2) is 43.0 Å². The number of methoxy groups -OCH3 is 1. The summed E-state index contributed by atoms with van der Waals surface area (Å²) in [5.41, 5.74) is 2.90. The van der Waals surface area contributed by atoms with Crippen molar-refractivity contribution in [1.82, 2.24) is 13.9 Å². The molecule has 0 unspecified atom stereocenters. The Balaban J connectivity index is 1.43. The lowest BCUT2D eigenvalue weighted by Gasteiger charge is -2.18. The van der Waals surface area contributed by atoms with Gasteiger partial charge >= 0.3 is 0 Å². The van der Waals surface area contributed by atoms with E-state index < -0.39 is 10.0 Å². The van der Waals surface area contributed by atoms with Gasteiger partial charge in [-0.15, -0.1) is 0 Å². The highest BCUT2D eigenvalue weighted by atomic mass is 32.2. The molecule has 7 nitrogen and oxygen atoms in total. The van der Waals surface area contributed by atoms with Gasteiger partial charge in [0.1, 0.15) is 5.82 Å². The van der Waals surface area contributed by atoms with Crippen LogP contribution < -0.4 is 9.47 Å². The Morgan fingerprint density at radius 1 is 0.973 bits per heavy atom. The monoisotopic (exact) mass is 519 g/mol. The Hall–Kier alpha value is -3.62. The zero-order valence-corrected chi connectivity index (χ0v) is 22.3.